The van der Waals surface area contributed by atoms with Gasteiger partial charge in [0.15, 0.2) is 23.3 Å². The Kier molecular flexibility index (Phi) is 8.76. The standard InChI is InChI=1S/C22H26F4N2O2S/c1-12(2)9-28(11-29)18-7-6-15(8-16(18)14(4)30-5)27-31-10-17-21(25)19(23)13(3)20(24)22(17)26/h6-8,11-12,14,27H,9-10H2,1-5H3. The Balaban J connectivity index is 2.24. The number of nitrogens with one attached hydrogen (secondary N) is 1. The highest BCUT2D eigenvalue weighted by Gasteiger charge is 2.23. The molecule has 2 aromatic carbocycles. The van der Waals surface area contributed by atoms with E-state index in [2.05, 4.69) is 4.72 Å². The molecule has 0 aliphatic rings. The van der Waals surface area contributed by atoms with E-state index in [1.54, 1.807) is 30.2 Å². The third-order valence-corrected chi connectivity index (χ3v) is 5.61. The number of anilines is 2. The predicted molar refractivity (Wildman–Crippen MR) is 116 cm³/mol. The third-order valence-electron chi connectivity index (χ3n) is 4.80. The molecule has 170 valence electrons. The minimum Gasteiger partial charge on any atom is -0.377 e. The lowest BCUT2D eigenvalue weighted by Gasteiger charge is -2.25. The summed E-state index contributed by atoms with van der Waals surface area (Å²) in [7, 11) is 1.54. The van der Waals surface area contributed by atoms with E-state index in [9.17, 15) is 22.4 Å². The van der Waals surface area contributed by atoms with Gasteiger partial charge in [-0.05, 0) is 49.9 Å². The van der Waals surface area contributed by atoms with Crippen LogP contribution in [0.4, 0.5) is 28.9 Å². The van der Waals surface area contributed by atoms with Crippen LogP contribution in [0, 0.1) is 36.1 Å². The van der Waals surface area contributed by atoms with E-state index in [1.807, 2.05) is 20.8 Å². The largest absolute Gasteiger partial charge is 0.377 e. The van der Waals surface area contributed by atoms with Crippen molar-refractivity contribution >= 4 is 29.7 Å². The maximum absolute atomic E-state index is 14.1. The fraction of sp³-hybridized carbons (Fsp3) is 0.409. The normalized spacial score (nSPS) is 12.2. The fourth-order valence-electron chi connectivity index (χ4n) is 3.03. The first-order valence-electron chi connectivity index (χ1n) is 9.70. The highest BCUT2D eigenvalue weighted by atomic mass is 32.2. The van der Waals surface area contributed by atoms with Crippen molar-refractivity contribution in [2.75, 3.05) is 23.3 Å². The second kappa shape index (κ2) is 10.9. The Morgan fingerprint density at radius 1 is 1.10 bits per heavy atom. The van der Waals surface area contributed by atoms with Gasteiger partial charge in [-0.15, -0.1) is 0 Å². The Hall–Kier alpha value is -2.26. The monoisotopic (exact) mass is 458 g/mol. The Morgan fingerprint density at radius 3 is 2.23 bits per heavy atom. The van der Waals surface area contributed by atoms with Gasteiger partial charge in [0.05, 0.1) is 6.10 Å². The maximum Gasteiger partial charge on any atom is 0.214 e. The first-order chi connectivity index (χ1) is 14.6. The van der Waals surface area contributed by atoms with Crippen LogP contribution >= 0.6 is 11.9 Å². The molecule has 4 nitrogen and oxygen atoms in total. The molecular formula is C22H26F4N2O2S. The number of nitrogens with zero attached hydrogens (tertiary/aromatic N) is 1. The number of amides is 1. The predicted octanol–water partition coefficient (Wildman–Crippen LogP) is 6.14. The second-order valence-electron chi connectivity index (χ2n) is 7.55. The summed E-state index contributed by atoms with van der Waals surface area (Å²) in [5.41, 5.74) is 0.645. The number of rotatable bonds is 10. The molecule has 0 aliphatic heterocycles. The SMILES string of the molecule is COC(C)c1cc(NSCc2c(F)c(F)c(C)c(F)c2F)ccc1N(C=O)CC(C)C. The van der Waals surface area contributed by atoms with Gasteiger partial charge in [0.2, 0.25) is 6.41 Å². The third kappa shape index (κ3) is 5.71. The molecule has 1 amide bonds. The van der Waals surface area contributed by atoms with Gasteiger partial charge in [-0.25, -0.2) is 17.6 Å². The van der Waals surface area contributed by atoms with E-state index < -0.39 is 34.4 Å². The Bertz CT molecular complexity index is 911. The molecule has 0 heterocycles. The molecule has 0 saturated heterocycles. The summed E-state index contributed by atoms with van der Waals surface area (Å²) < 4.78 is 63.9. The number of hydrogen-bond acceptors (Lipinski definition) is 4. The Labute approximate surface area is 184 Å². The van der Waals surface area contributed by atoms with E-state index in [0.29, 0.717) is 17.9 Å². The van der Waals surface area contributed by atoms with E-state index in [0.717, 1.165) is 30.8 Å². The number of benzene rings is 2. The molecule has 0 radical (unpaired) electrons. The van der Waals surface area contributed by atoms with E-state index in [4.69, 9.17) is 4.74 Å². The van der Waals surface area contributed by atoms with Gasteiger partial charge in [-0.2, -0.15) is 0 Å². The molecule has 2 aromatic rings. The lowest BCUT2D eigenvalue weighted by atomic mass is 10.1. The van der Waals surface area contributed by atoms with Crippen molar-refractivity contribution in [1.29, 1.82) is 0 Å². The summed E-state index contributed by atoms with van der Waals surface area (Å²) in [6, 6.07) is 5.21. The van der Waals surface area contributed by atoms with E-state index in [-0.39, 0.29) is 17.8 Å². The van der Waals surface area contributed by atoms with Crippen LogP contribution in [0.15, 0.2) is 18.2 Å². The Morgan fingerprint density at radius 2 is 1.71 bits per heavy atom. The lowest BCUT2D eigenvalue weighted by molar-refractivity contribution is -0.107. The molecule has 9 heteroatoms. The van der Waals surface area contributed by atoms with Gasteiger partial charge in [-0.3, -0.25) is 4.79 Å². The number of hydrogen-bond donors (Lipinski definition) is 1. The van der Waals surface area contributed by atoms with Crippen molar-refractivity contribution in [3.8, 4) is 0 Å². The molecule has 0 saturated carbocycles. The second-order valence-corrected chi connectivity index (χ2v) is 8.33. The summed E-state index contributed by atoms with van der Waals surface area (Å²) in [5, 5.41) is 0. The van der Waals surface area contributed by atoms with Gasteiger partial charge < -0.3 is 14.4 Å². The lowest BCUT2D eigenvalue weighted by Crippen LogP contribution is -2.27. The molecule has 0 aliphatic carbocycles. The minimum atomic E-state index is -1.40. The summed E-state index contributed by atoms with van der Waals surface area (Å²) in [5.74, 6) is -5.67. The van der Waals surface area contributed by atoms with Crippen LogP contribution < -0.4 is 9.62 Å². The molecular weight excluding hydrogens is 432 g/mol. The van der Waals surface area contributed by atoms with Crippen molar-refractivity contribution in [1.82, 2.24) is 0 Å². The first-order valence-corrected chi connectivity index (χ1v) is 10.7. The fourth-order valence-corrected chi connectivity index (χ4v) is 3.79. The quantitative estimate of drug-likeness (QED) is 0.201. The number of carbonyl (C=O) groups excluding carboxylic acids is 1. The van der Waals surface area contributed by atoms with Crippen molar-refractivity contribution in [3.05, 3.63) is 58.2 Å². The number of halogens is 4. The molecule has 0 aromatic heterocycles. The van der Waals surface area contributed by atoms with Crippen LogP contribution in [-0.2, 0) is 15.3 Å². The van der Waals surface area contributed by atoms with Gasteiger partial charge in [0.1, 0.15) is 0 Å². The zero-order chi connectivity index (χ0) is 23.3. The number of ether oxygens (including phenoxy) is 1. The summed E-state index contributed by atoms with van der Waals surface area (Å²) in [6.45, 7) is 7.33. The smallest absolute Gasteiger partial charge is 0.214 e. The summed E-state index contributed by atoms with van der Waals surface area (Å²) in [4.78, 5) is 13.2. The van der Waals surface area contributed by atoms with Crippen molar-refractivity contribution in [2.24, 2.45) is 5.92 Å². The first kappa shape index (κ1) is 25.0. The van der Waals surface area contributed by atoms with Crippen LogP contribution in [0.3, 0.4) is 0 Å². The highest BCUT2D eigenvalue weighted by Crippen LogP contribution is 2.33. The molecule has 31 heavy (non-hydrogen) atoms. The average molecular weight is 459 g/mol. The van der Waals surface area contributed by atoms with Crippen LogP contribution in [-0.4, -0.2) is 20.1 Å². The van der Waals surface area contributed by atoms with Gasteiger partial charge in [0.25, 0.3) is 0 Å². The molecule has 0 bridgehead atoms. The summed E-state index contributed by atoms with van der Waals surface area (Å²) >= 11 is 0.882. The van der Waals surface area contributed by atoms with Gasteiger partial charge in [0, 0.05) is 47.5 Å². The van der Waals surface area contributed by atoms with Gasteiger partial charge >= 0.3 is 0 Å². The van der Waals surface area contributed by atoms with Crippen molar-refractivity contribution < 1.29 is 27.1 Å². The molecule has 1 atom stereocenters. The van der Waals surface area contributed by atoms with Gasteiger partial charge in [-0.1, -0.05) is 13.8 Å². The maximum atomic E-state index is 14.1. The average Bonchev–Trinajstić information content (AvgIpc) is 2.76. The highest BCUT2D eigenvalue weighted by molar-refractivity contribution is 7.99. The van der Waals surface area contributed by atoms with Crippen molar-refractivity contribution in [3.63, 3.8) is 0 Å². The van der Waals surface area contributed by atoms with Crippen LogP contribution in [0.2, 0.25) is 0 Å². The number of carbonyl (C=O) groups is 1. The zero-order valence-corrected chi connectivity index (χ0v) is 18.9. The molecule has 1 unspecified atom stereocenters. The topological polar surface area (TPSA) is 41.6 Å². The van der Waals surface area contributed by atoms with E-state index >= 15 is 0 Å². The molecule has 0 spiro atoms. The zero-order valence-electron chi connectivity index (χ0n) is 18.1. The van der Waals surface area contributed by atoms with Crippen LogP contribution in [0.1, 0.15) is 43.6 Å². The van der Waals surface area contributed by atoms with Crippen LogP contribution in [0.5, 0.6) is 0 Å². The molecule has 1 N–H and O–H groups in total. The number of methoxy groups -OCH3 is 1. The summed E-state index contributed by atoms with van der Waals surface area (Å²) in [6.07, 6.45) is 0.432. The van der Waals surface area contributed by atoms with E-state index in [1.165, 1.54) is 0 Å². The van der Waals surface area contributed by atoms with Crippen LogP contribution in [0.25, 0.3) is 0 Å². The minimum absolute atomic E-state index is 0.254. The van der Waals surface area contributed by atoms with Crippen molar-refractivity contribution in [2.45, 2.75) is 39.6 Å². The molecule has 2 rings (SSSR count). The molecule has 0 fully saturated rings.